The van der Waals surface area contributed by atoms with Gasteiger partial charge in [0.25, 0.3) is 0 Å². The van der Waals surface area contributed by atoms with Crippen molar-refractivity contribution in [2.45, 2.75) is 38.1 Å². The van der Waals surface area contributed by atoms with Gasteiger partial charge >= 0.3 is 0 Å². The molecular formula is C16H27N3. The van der Waals surface area contributed by atoms with Crippen molar-refractivity contribution in [2.75, 3.05) is 26.2 Å². The Bertz CT molecular complexity index is 378. The molecule has 106 valence electrons. The van der Waals surface area contributed by atoms with E-state index in [0.29, 0.717) is 6.04 Å². The summed E-state index contributed by atoms with van der Waals surface area (Å²) in [4.78, 5) is 2.62. The van der Waals surface area contributed by atoms with Crippen molar-refractivity contribution >= 4 is 0 Å². The van der Waals surface area contributed by atoms with E-state index >= 15 is 0 Å². The highest BCUT2D eigenvalue weighted by molar-refractivity contribution is 5.34. The Morgan fingerprint density at radius 3 is 2.53 bits per heavy atom. The van der Waals surface area contributed by atoms with E-state index < -0.39 is 0 Å². The van der Waals surface area contributed by atoms with E-state index in [0.717, 1.165) is 39.0 Å². The molecule has 0 radical (unpaired) electrons. The van der Waals surface area contributed by atoms with Crippen LogP contribution < -0.4 is 11.5 Å². The van der Waals surface area contributed by atoms with Gasteiger partial charge in [-0.3, -0.25) is 4.90 Å². The number of nitrogens with two attached hydrogens (primary N) is 2. The molecular weight excluding hydrogens is 234 g/mol. The summed E-state index contributed by atoms with van der Waals surface area (Å²) in [6.07, 6.45) is 5.87. The van der Waals surface area contributed by atoms with Crippen LogP contribution in [0.4, 0.5) is 0 Å². The van der Waals surface area contributed by atoms with Crippen LogP contribution in [0.15, 0.2) is 24.3 Å². The summed E-state index contributed by atoms with van der Waals surface area (Å²) in [5.74, 6) is 0. The minimum Gasteiger partial charge on any atom is -0.330 e. The highest BCUT2D eigenvalue weighted by Gasteiger charge is 2.26. The van der Waals surface area contributed by atoms with Crippen molar-refractivity contribution < 1.29 is 0 Å². The topological polar surface area (TPSA) is 55.3 Å². The Morgan fingerprint density at radius 2 is 1.74 bits per heavy atom. The Balaban J connectivity index is 2.01. The molecule has 1 aliphatic carbocycles. The second kappa shape index (κ2) is 7.63. The van der Waals surface area contributed by atoms with E-state index in [1.54, 1.807) is 0 Å². The number of fused-ring (bicyclic) bond motifs is 1. The third kappa shape index (κ3) is 3.78. The van der Waals surface area contributed by atoms with Crippen LogP contribution in [0.1, 0.15) is 42.9 Å². The van der Waals surface area contributed by atoms with Gasteiger partial charge in [0, 0.05) is 6.04 Å². The molecule has 0 amide bonds. The third-order valence-corrected chi connectivity index (χ3v) is 4.09. The SMILES string of the molecule is NCCCCN(CCCN)C1CCc2ccccc21. The largest absolute Gasteiger partial charge is 0.330 e. The van der Waals surface area contributed by atoms with Crippen molar-refractivity contribution in [1.29, 1.82) is 0 Å². The summed E-state index contributed by atoms with van der Waals surface area (Å²) >= 11 is 0. The molecule has 0 heterocycles. The molecule has 1 aromatic rings. The van der Waals surface area contributed by atoms with Crippen molar-refractivity contribution in [3.63, 3.8) is 0 Å². The molecule has 3 heteroatoms. The second-order valence-electron chi connectivity index (χ2n) is 5.43. The van der Waals surface area contributed by atoms with Crippen LogP contribution >= 0.6 is 0 Å². The van der Waals surface area contributed by atoms with Crippen LogP contribution in [0.3, 0.4) is 0 Å². The van der Waals surface area contributed by atoms with Crippen molar-refractivity contribution in [1.82, 2.24) is 4.90 Å². The van der Waals surface area contributed by atoms with Crippen LogP contribution in [0.2, 0.25) is 0 Å². The fourth-order valence-corrected chi connectivity index (χ4v) is 3.09. The monoisotopic (exact) mass is 261 g/mol. The average Bonchev–Trinajstić information content (AvgIpc) is 2.87. The highest BCUT2D eigenvalue weighted by atomic mass is 15.2. The minimum atomic E-state index is 0.598. The molecule has 1 aliphatic rings. The molecule has 1 unspecified atom stereocenters. The lowest BCUT2D eigenvalue weighted by Crippen LogP contribution is -2.31. The lowest BCUT2D eigenvalue weighted by molar-refractivity contribution is 0.192. The van der Waals surface area contributed by atoms with E-state index in [9.17, 15) is 0 Å². The molecule has 19 heavy (non-hydrogen) atoms. The van der Waals surface area contributed by atoms with Gasteiger partial charge in [-0.1, -0.05) is 24.3 Å². The molecule has 1 aromatic carbocycles. The molecule has 2 rings (SSSR count). The molecule has 0 spiro atoms. The molecule has 0 saturated carbocycles. The normalized spacial score (nSPS) is 17.9. The first kappa shape index (κ1) is 14.5. The first-order chi connectivity index (χ1) is 9.36. The van der Waals surface area contributed by atoms with E-state index in [1.165, 1.54) is 30.4 Å². The maximum Gasteiger partial charge on any atom is 0.0354 e. The number of nitrogens with zero attached hydrogens (tertiary/aromatic N) is 1. The molecule has 0 aliphatic heterocycles. The quantitative estimate of drug-likeness (QED) is 0.704. The van der Waals surface area contributed by atoms with Gasteiger partial charge in [0.1, 0.15) is 0 Å². The summed E-state index contributed by atoms with van der Waals surface area (Å²) in [6, 6.07) is 9.49. The zero-order chi connectivity index (χ0) is 13.5. The second-order valence-corrected chi connectivity index (χ2v) is 5.43. The number of benzene rings is 1. The number of unbranched alkanes of at least 4 members (excludes halogenated alkanes) is 1. The van der Waals surface area contributed by atoms with Crippen LogP contribution in [0, 0.1) is 0 Å². The lowest BCUT2D eigenvalue weighted by Gasteiger charge is -2.29. The van der Waals surface area contributed by atoms with E-state index in [1.807, 2.05) is 0 Å². The van der Waals surface area contributed by atoms with E-state index in [-0.39, 0.29) is 0 Å². The molecule has 4 N–H and O–H groups in total. The number of hydrogen-bond acceptors (Lipinski definition) is 3. The van der Waals surface area contributed by atoms with Gasteiger partial charge in [-0.05, 0) is 69.4 Å². The standard InChI is InChI=1S/C16H27N3/c17-10-3-4-12-19(13-5-11-18)16-9-8-14-6-1-2-7-15(14)16/h1-2,6-7,16H,3-5,8-13,17-18H2. The Labute approximate surface area is 117 Å². The van der Waals surface area contributed by atoms with Gasteiger partial charge in [0.15, 0.2) is 0 Å². The minimum absolute atomic E-state index is 0.598. The zero-order valence-electron chi connectivity index (χ0n) is 11.9. The number of aryl methyl sites for hydroxylation is 1. The van der Waals surface area contributed by atoms with Gasteiger partial charge in [0.2, 0.25) is 0 Å². The fraction of sp³-hybridized carbons (Fsp3) is 0.625. The summed E-state index contributed by atoms with van der Waals surface area (Å²) in [6.45, 7) is 3.84. The Morgan fingerprint density at radius 1 is 1.00 bits per heavy atom. The van der Waals surface area contributed by atoms with Gasteiger partial charge in [-0.25, -0.2) is 0 Å². The van der Waals surface area contributed by atoms with E-state index in [4.69, 9.17) is 11.5 Å². The fourth-order valence-electron chi connectivity index (χ4n) is 3.09. The van der Waals surface area contributed by atoms with Crippen molar-refractivity contribution in [2.24, 2.45) is 11.5 Å². The molecule has 3 nitrogen and oxygen atoms in total. The summed E-state index contributed by atoms with van der Waals surface area (Å²) in [5.41, 5.74) is 14.4. The first-order valence-electron chi connectivity index (χ1n) is 7.58. The smallest absolute Gasteiger partial charge is 0.0354 e. The molecule has 0 aromatic heterocycles. The average molecular weight is 261 g/mol. The van der Waals surface area contributed by atoms with Crippen molar-refractivity contribution in [3.05, 3.63) is 35.4 Å². The van der Waals surface area contributed by atoms with Crippen LogP contribution in [-0.2, 0) is 6.42 Å². The Hall–Kier alpha value is -0.900. The van der Waals surface area contributed by atoms with Gasteiger partial charge in [0.05, 0.1) is 0 Å². The molecule has 0 fully saturated rings. The van der Waals surface area contributed by atoms with Gasteiger partial charge < -0.3 is 11.5 Å². The maximum atomic E-state index is 5.68. The van der Waals surface area contributed by atoms with Crippen LogP contribution in [0.25, 0.3) is 0 Å². The predicted octanol–water partition coefficient (Wildman–Crippen LogP) is 2.06. The summed E-state index contributed by atoms with van der Waals surface area (Å²) < 4.78 is 0. The van der Waals surface area contributed by atoms with E-state index in [2.05, 4.69) is 29.2 Å². The Kier molecular flexibility index (Phi) is 5.83. The first-order valence-corrected chi connectivity index (χ1v) is 7.58. The number of hydrogen-bond donors (Lipinski definition) is 2. The molecule has 0 saturated heterocycles. The number of rotatable bonds is 8. The van der Waals surface area contributed by atoms with Gasteiger partial charge in [-0.2, -0.15) is 0 Å². The lowest BCUT2D eigenvalue weighted by atomic mass is 10.1. The zero-order valence-corrected chi connectivity index (χ0v) is 11.9. The maximum absolute atomic E-state index is 5.68. The predicted molar refractivity (Wildman–Crippen MR) is 81.0 cm³/mol. The van der Waals surface area contributed by atoms with Crippen molar-refractivity contribution in [3.8, 4) is 0 Å². The third-order valence-electron chi connectivity index (χ3n) is 4.09. The van der Waals surface area contributed by atoms with Gasteiger partial charge in [-0.15, -0.1) is 0 Å². The summed E-state index contributed by atoms with van der Waals surface area (Å²) in [7, 11) is 0. The molecule has 0 bridgehead atoms. The van der Waals surface area contributed by atoms with Crippen LogP contribution in [-0.4, -0.2) is 31.1 Å². The highest BCUT2D eigenvalue weighted by Crippen LogP contribution is 2.35. The summed E-state index contributed by atoms with van der Waals surface area (Å²) in [5, 5.41) is 0. The van der Waals surface area contributed by atoms with Crippen LogP contribution in [0.5, 0.6) is 0 Å². The molecule has 1 atom stereocenters.